The van der Waals surface area contributed by atoms with Crippen molar-refractivity contribution in [2.45, 2.75) is 70.6 Å². The van der Waals surface area contributed by atoms with Gasteiger partial charge < -0.3 is 10.1 Å². The lowest BCUT2D eigenvalue weighted by Gasteiger charge is -2.61. The molecular weight excluding hydrogens is 212 g/mol. The van der Waals surface area contributed by atoms with Gasteiger partial charge in [0, 0.05) is 24.1 Å². The normalized spacial score (nSPS) is 31.4. The van der Waals surface area contributed by atoms with Crippen LogP contribution in [0.5, 0.6) is 0 Å². The number of nitrogens with zero attached hydrogens (tertiary/aromatic N) is 1. The van der Waals surface area contributed by atoms with Crippen LogP contribution in [0.1, 0.15) is 52.4 Å². The summed E-state index contributed by atoms with van der Waals surface area (Å²) in [5.41, 5.74) is 0.416. The highest BCUT2D eigenvalue weighted by atomic mass is 16.5. The van der Waals surface area contributed by atoms with Crippen LogP contribution >= 0.6 is 0 Å². The highest BCUT2D eigenvalue weighted by Gasteiger charge is 2.58. The van der Waals surface area contributed by atoms with Crippen molar-refractivity contribution in [1.29, 1.82) is 5.26 Å². The predicted octanol–water partition coefficient (Wildman–Crippen LogP) is 2.62. The zero-order valence-corrected chi connectivity index (χ0v) is 11.0. The summed E-state index contributed by atoms with van der Waals surface area (Å²) >= 11 is 0. The molecule has 2 fully saturated rings. The van der Waals surface area contributed by atoms with Crippen LogP contribution in [0.3, 0.4) is 0 Å². The topological polar surface area (TPSA) is 45.0 Å². The van der Waals surface area contributed by atoms with Gasteiger partial charge in [0.1, 0.15) is 0 Å². The number of nitrogens with one attached hydrogen (secondary N) is 1. The molecule has 2 saturated carbocycles. The Morgan fingerprint density at radius 3 is 2.71 bits per heavy atom. The van der Waals surface area contributed by atoms with Crippen LogP contribution in [-0.2, 0) is 4.74 Å². The fourth-order valence-corrected chi connectivity index (χ4v) is 3.39. The first-order valence-corrected chi connectivity index (χ1v) is 7.01. The summed E-state index contributed by atoms with van der Waals surface area (Å²) in [6.45, 7) is 5.06. The highest BCUT2D eigenvalue weighted by Crippen LogP contribution is 2.57. The maximum Gasteiger partial charge on any atom is 0.0661 e. The molecule has 0 radical (unpaired) electrons. The highest BCUT2D eigenvalue weighted by molar-refractivity contribution is 5.12. The van der Waals surface area contributed by atoms with Crippen molar-refractivity contribution in [3.8, 4) is 6.07 Å². The van der Waals surface area contributed by atoms with Crippen LogP contribution in [-0.4, -0.2) is 24.8 Å². The van der Waals surface area contributed by atoms with Gasteiger partial charge in [-0.3, -0.25) is 0 Å². The average molecular weight is 236 g/mol. The first-order valence-electron chi connectivity index (χ1n) is 7.01. The zero-order valence-electron chi connectivity index (χ0n) is 11.0. The maximum absolute atomic E-state index is 8.79. The van der Waals surface area contributed by atoms with Crippen molar-refractivity contribution in [2.75, 3.05) is 6.61 Å². The molecule has 1 N–H and O–H groups in total. The molecule has 2 aliphatic carbocycles. The summed E-state index contributed by atoms with van der Waals surface area (Å²) in [6.07, 6.45) is 7.23. The van der Waals surface area contributed by atoms with Gasteiger partial charge in [0.15, 0.2) is 0 Å². The van der Waals surface area contributed by atoms with Gasteiger partial charge in [-0.2, -0.15) is 5.26 Å². The number of hydrogen-bond acceptors (Lipinski definition) is 3. The second-order valence-electron chi connectivity index (χ2n) is 5.45. The molecule has 3 heteroatoms. The number of nitriles is 1. The van der Waals surface area contributed by atoms with Gasteiger partial charge >= 0.3 is 0 Å². The molecule has 0 saturated heterocycles. The van der Waals surface area contributed by atoms with Crippen molar-refractivity contribution >= 4 is 0 Å². The third-order valence-electron chi connectivity index (χ3n) is 4.70. The van der Waals surface area contributed by atoms with Gasteiger partial charge in [0.2, 0.25) is 0 Å². The molecule has 0 amide bonds. The third kappa shape index (κ3) is 2.21. The molecule has 2 aliphatic rings. The lowest BCUT2D eigenvalue weighted by molar-refractivity contribution is -0.174. The molecule has 0 aromatic heterocycles. The quantitative estimate of drug-likeness (QED) is 0.771. The minimum absolute atomic E-state index is 0.366. The number of ether oxygens (including phenoxy) is 1. The minimum atomic E-state index is 0.366. The van der Waals surface area contributed by atoms with Crippen molar-refractivity contribution in [2.24, 2.45) is 5.41 Å². The van der Waals surface area contributed by atoms with Gasteiger partial charge in [0.05, 0.1) is 18.6 Å². The second-order valence-corrected chi connectivity index (χ2v) is 5.45. The van der Waals surface area contributed by atoms with Gasteiger partial charge in [0.25, 0.3) is 0 Å². The van der Waals surface area contributed by atoms with Crippen molar-refractivity contribution in [3.63, 3.8) is 0 Å². The molecule has 0 aliphatic heterocycles. The summed E-state index contributed by atoms with van der Waals surface area (Å²) in [5.74, 6) is 0. The van der Waals surface area contributed by atoms with Crippen LogP contribution in [0.2, 0.25) is 0 Å². The van der Waals surface area contributed by atoms with E-state index < -0.39 is 0 Å². The average Bonchev–Trinajstić information content (AvgIpc) is 2.24. The fourth-order valence-electron chi connectivity index (χ4n) is 3.39. The summed E-state index contributed by atoms with van der Waals surface area (Å²) in [5, 5.41) is 12.5. The van der Waals surface area contributed by atoms with E-state index in [9.17, 15) is 0 Å². The largest absolute Gasteiger partial charge is 0.378 e. The van der Waals surface area contributed by atoms with Crippen molar-refractivity contribution in [1.82, 2.24) is 5.32 Å². The van der Waals surface area contributed by atoms with E-state index in [1.807, 2.05) is 0 Å². The SMILES string of the molecule is CCOC1CC(NC(CC)CC#N)C12CCC2. The Kier molecular flexibility index (Phi) is 4.06. The van der Waals surface area contributed by atoms with E-state index in [0.29, 0.717) is 30.0 Å². The lowest BCUT2D eigenvalue weighted by Crippen LogP contribution is -2.68. The molecule has 3 atom stereocenters. The molecule has 0 aromatic carbocycles. The van der Waals surface area contributed by atoms with E-state index in [1.165, 1.54) is 19.3 Å². The first-order chi connectivity index (χ1) is 8.26. The Bertz CT molecular complexity index is 293. The Morgan fingerprint density at radius 1 is 1.47 bits per heavy atom. The monoisotopic (exact) mass is 236 g/mol. The van der Waals surface area contributed by atoms with Crippen LogP contribution in [0.15, 0.2) is 0 Å². The van der Waals surface area contributed by atoms with Crippen molar-refractivity contribution < 1.29 is 4.74 Å². The van der Waals surface area contributed by atoms with Gasteiger partial charge in [-0.1, -0.05) is 13.3 Å². The molecule has 3 nitrogen and oxygen atoms in total. The van der Waals surface area contributed by atoms with Gasteiger partial charge in [-0.15, -0.1) is 0 Å². The number of rotatable bonds is 6. The molecule has 0 bridgehead atoms. The molecule has 3 unspecified atom stereocenters. The van der Waals surface area contributed by atoms with E-state index >= 15 is 0 Å². The first kappa shape index (κ1) is 12.9. The van der Waals surface area contributed by atoms with Crippen LogP contribution < -0.4 is 5.32 Å². The summed E-state index contributed by atoms with van der Waals surface area (Å²) in [6, 6.07) is 3.23. The Labute approximate surface area is 105 Å². The molecule has 17 heavy (non-hydrogen) atoms. The zero-order chi connectivity index (χ0) is 12.3. The summed E-state index contributed by atoms with van der Waals surface area (Å²) < 4.78 is 5.84. The van der Waals surface area contributed by atoms with Crippen molar-refractivity contribution in [3.05, 3.63) is 0 Å². The van der Waals surface area contributed by atoms with Crippen LogP contribution in [0.25, 0.3) is 0 Å². The predicted molar refractivity (Wildman–Crippen MR) is 67.5 cm³/mol. The molecule has 2 rings (SSSR count). The molecule has 96 valence electrons. The molecule has 1 spiro atoms. The van der Waals surface area contributed by atoms with Gasteiger partial charge in [-0.25, -0.2) is 0 Å². The molecule has 0 aromatic rings. The minimum Gasteiger partial charge on any atom is -0.378 e. The summed E-state index contributed by atoms with van der Waals surface area (Å²) in [4.78, 5) is 0. The van der Waals surface area contributed by atoms with E-state index in [2.05, 4.69) is 25.2 Å². The van der Waals surface area contributed by atoms with E-state index in [-0.39, 0.29) is 0 Å². The summed E-state index contributed by atoms with van der Waals surface area (Å²) in [7, 11) is 0. The third-order valence-corrected chi connectivity index (χ3v) is 4.70. The Morgan fingerprint density at radius 2 is 2.24 bits per heavy atom. The molecule has 0 heterocycles. The molecular formula is C14H24N2O. The second kappa shape index (κ2) is 5.37. The van der Waals surface area contributed by atoms with Gasteiger partial charge in [-0.05, 0) is 32.6 Å². The van der Waals surface area contributed by atoms with Crippen LogP contribution in [0, 0.1) is 16.7 Å². The lowest BCUT2D eigenvalue weighted by atomic mass is 9.51. The Balaban J connectivity index is 1.88. The van der Waals surface area contributed by atoms with Crippen LogP contribution in [0.4, 0.5) is 0 Å². The standard InChI is InChI=1S/C14H24N2O/c1-3-11(6-9-15)16-12-10-13(17-4-2)14(12)7-5-8-14/h11-13,16H,3-8,10H2,1-2H3. The number of hydrogen-bond donors (Lipinski definition) is 1. The van der Waals surface area contributed by atoms with E-state index in [1.54, 1.807) is 0 Å². The van der Waals surface area contributed by atoms with E-state index in [0.717, 1.165) is 19.4 Å². The Hall–Kier alpha value is -0.590. The fraction of sp³-hybridized carbons (Fsp3) is 0.929. The maximum atomic E-state index is 8.79. The smallest absolute Gasteiger partial charge is 0.0661 e. The van der Waals surface area contributed by atoms with E-state index in [4.69, 9.17) is 10.00 Å².